The van der Waals surface area contributed by atoms with Crippen LogP contribution in [0.4, 0.5) is 0 Å². The van der Waals surface area contributed by atoms with Crippen LogP contribution in [0.15, 0.2) is 42.5 Å². The summed E-state index contributed by atoms with van der Waals surface area (Å²) in [5.41, 5.74) is -0.740. The number of carbonyl (C=O) groups excluding carboxylic acids is 1. The average Bonchev–Trinajstić information content (AvgIpc) is 3.57. The average molecular weight is 613 g/mol. The molecule has 5 N–H and O–H groups in total. The summed E-state index contributed by atoms with van der Waals surface area (Å²) in [6, 6.07) is 0. The fraction of sp³-hybridized carbons (Fsp3) is 0.778. The first-order valence-electron chi connectivity index (χ1n) is 16.9. The van der Waals surface area contributed by atoms with E-state index in [4.69, 9.17) is 0 Å². The summed E-state index contributed by atoms with van der Waals surface area (Å²) in [5, 5.41) is 55.7. The van der Waals surface area contributed by atoms with Crippen molar-refractivity contribution in [3.63, 3.8) is 0 Å². The molecule has 0 amide bonds. The third-order valence-electron chi connectivity index (χ3n) is 13.3. The number of hydrogen-bond donors (Lipinski definition) is 5. The zero-order valence-corrected chi connectivity index (χ0v) is 27.5. The minimum Gasteiger partial charge on any atom is -0.396 e. The van der Waals surface area contributed by atoms with Crippen LogP contribution in [0.1, 0.15) is 92.4 Å². The van der Waals surface area contributed by atoms with Gasteiger partial charge in [0.05, 0.1) is 30.2 Å². The highest BCUT2D eigenvalue weighted by Gasteiger charge is 2.70. The lowest BCUT2D eigenvalue weighted by atomic mass is 9.45. The van der Waals surface area contributed by atoms with Crippen LogP contribution in [-0.2, 0) is 11.3 Å². The molecular formula is C36H56N2O6. The molecule has 246 valence electrons. The van der Waals surface area contributed by atoms with Gasteiger partial charge in [0.2, 0.25) is 0 Å². The number of ketones is 1. The number of fused-ring (bicyclic) bond motifs is 5. The second kappa shape index (κ2) is 12.1. The third kappa shape index (κ3) is 5.36. The van der Waals surface area contributed by atoms with Gasteiger partial charge in [-0.15, -0.1) is 0 Å². The van der Waals surface area contributed by atoms with Crippen LogP contribution in [0.25, 0.3) is 0 Å². The van der Waals surface area contributed by atoms with E-state index in [1.807, 2.05) is 12.5 Å². The summed E-state index contributed by atoms with van der Waals surface area (Å²) >= 11 is 0. The Balaban J connectivity index is 1.41. The molecule has 3 fully saturated rings. The molecule has 8 heteroatoms. The molecule has 0 aromatic carbocycles. The molecule has 44 heavy (non-hydrogen) atoms. The molecule has 1 aromatic heterocycles. The summed E-state index contributed by atoms with van der Waals surface area (Å²) in [4.78, 5) is 17.8. The van der Waals surface area contributed by atoms with Crippen molar-refractivity contribution >= 4 is 5.78 Å². The number of aromatic nitrogens is 2. The second-order valence-electron chi connectivity index (χ2n) is 16.0. The number of aryl methyl sites for hydroxylation is 1. The highest BCUT2D eigenvalue weighted by atomic mass is 16.3. The van der Waals surface area contributed by atoms with Crippen molar-refractivity contribution in [3.8, 4) is 0 Å². The van der Waals surface area contributed by atoms with Crippen molar-refractivity contribution in [2.24, 2.45) is 45.8 Å². The molecule has 5 rings (SSSR count). The second-order valence-corrected chi connectivity index (χ2v) is 16.0. The fourth-order valence-corrected chi connectivity index (χ4v) is 10.1. The van der Waals surface area contributed by atoms with Crippen molar-refractivity contribution in [1.82, 2.24) is 9.55 Å². The molecule has 0 spiro atoms. The Labute approximate surface area is 263 Å². The number of imidazole rings is 1. The topological polar surface area (TPSA) is 136 Å². The third-order valence-corrected chi connectivity index (χ3v) is 13.3. The molecule has 11 atom stereocenters. The SMILES string of the molecule is C=C(CC(O)C(C)C1CC(CCCO)C2(O)C3=CC(=O)C4CC(O)C(O)CC4(C)C3CCC12C)C(C)(C)CCn1ccnc1. The van der Waals surface area contributed by atoms with E-state index in [0.29, 0.717) is 32.1 Å². The minimum absolute atomic E-state index is 0.00861. The Morgan fingerprint density at radius 3 is 2.59 bits per heavy atom. The number of rotatable bonds is 11. The molecule has 4 aliphatic carbocycles. The summed E-state index contributed by atoms with van der Waals surface area (Å²) in [7, 11) is 0. The molecule has 0 radical (unpaired) electrons. The standard InChI is InChI=1S/C36H56N2O6/c1-22(33(3,4)11-13-38-14-12-37-21-38)16-29(40)23(2)26-17-24(8-7-15-39)36(44)27-18-30(41)28-19-31(42)32(43)20-34(28,5)25(27)9-10-35(26,36)6/h12,14,18,21,23-26,28-29,31-32,39-40,42-44H,1,7-11,13,15-17,19-20H2,2-6H3. The molecule has 0 bridgehead atoms. The van der Waals surface area contributed by atoms with Crippen LogP contribution in [0.5, 0.6) is 0 Å². The Bertz CT molecular complexity index is 1240. The molecule has 1 aromatic rings. The van der Waals surface area contributed by atoms with Gasteiger partial charge in [-0.2, -0.15) is 0 Å². The maximum atomic E-state index is 13.7. The highest BCUT2D eigenvalue weighted by molar-refractivity contribution is 5.95. The number of aliphatic hydroxyl groups is 5. The number of aliphatic hydroxyl groups excluding tert-OH is 4. The summed E-state index contributed by atoms with van der Waals surface area (Å²) in [6.07, 6.45) is 10.2. The number of hydrogen-bond acceptors (Lipinski definition) is 7. The van der Waals surface area contributed by atoms with Crippen LogP contribution in [0.2, 0.25) is 0 Å². The van der Waals surface area contributed by atoms with Gasteiger partial charge in [0.1, 0.15) is 0 Å². The predicted molar refractivity (Wildman–Crippen MR) is 169 cm³/mol. The van der Waals surface area contributed by atoms with Crippen molar-refractivity contribution in [3.05, 3.63) is 42.5 Å². The lowest BCUT2D eigenvalue weighted by Crippen LogP contribution is -2.62. The number of allylic oxidation sites excluding steroid dienone is 1. The van der Waals surface area contributed by atoms with Crippen molar-refractivity contribution in [1.29, 1.82) is 0 Å². The van der Waals surface area contributed by atoms with E-state index in [9.17, 15) is 30.3 Å². The van der Waals surface area contributed by atoms with E-state index in [1.165, 1.54) is 0 Å². The number of nitrogens with zero attached hydrogens (tertiary/aromatic N) is 2. The van der Waals surface area contributed by atoms with Gasteiger partial charge in [0.15, 0.2) is 5.78 Å². The molecule has 8 nitrogen and oxygen atoms in total. The summed E-state index contributed by atoms with van der Waals surface area (Å²) in [5.74, 6) is -0.770. The van der Waals surface area contributed by atoms with E-state index in [0.717, 1.165) is 37.0 Å². The van der Waals surface area contributed by atoms with Gasteiger partial charge in [0.25, 0.3) is 0 Å². The summed E-state index contributed by atoms with van der Waals surface area (Å²) in [6.45, 7) is 15.9. The molecule has 1 heterocycles. The van der Waals surface area contributed by atoms with Gasteiger partial charge in [-0.25, -0.2) is 4.98 Å². The maximum Gasteiger partial charge on any atom is 0.159 e. The minimum atomic E-state index is -1.25. The van der Waals surface area contributed by atoms with E-state index < -0.39 is 34.7 Å². The van der Waals surface area contributed by atoms with Crippen molar-refractivity contribution in [2.75, 3.05) is 6.61 Å². The normalized spacial score (nSPS) is 40.0. The van der Waals surface area contributed by atoms with Gasteiger partial charge < -0.3 is 30.1 Å². The van der Waals surface area contributed by atoms with E-state index >= 15 is 0 Å². The lowest BCUT2D eigenvalue weighted by molar-refractivity contribution is -0.159. The predicted octanol–water partition coefficient (Wildman–Crippen LogP) is 4.45. The monoisotopic (exact) mass is 612 g/mol. The fourth-order valence-electron chi connectivity index (χ4n) is 10.1. The molecule has 3 saturated carbocycles. The van der Waals surface area contributed by atoms with E-state index in [1.54, 1.807) is 12.3 Å². The Hall–Kier alpha value is -1.84. The Kier molecular flexibility index (Phi) is 9.20. The smallest absolute Gasteiger partial charge is 0.159 e. The Morgan fingerprint density at radius 1 is 1.20 bits per heavy atom. The molecule has 0 saturated heterocycles. The summed E-state index contributed by atoms with van der Waals surface area (Å²) < 4.78 is 2.06. The maximum absolute atomic E-state index is 13.7. The van der Waals surface area contributed by atoms with Gasteiger partial charge in [0, 0.05) is 36.9 Å². The van der Waals surface area contributed by atoms with E-state index in [2.05, 4.69) is 50.7 Å². The van der Waals surface area contributed by atoms with Gasteiger partial charge in [-0.05, 0) is 104 Å². The van der Waals surface area contributed by atoms with Crippen LogP contribution in [0.3, 0.4) is 0 Å². The molecule has 0 aliphatic heterocycles. The quantitative estimate of drug-likeness (QED) is 0.233. The first kappa shape index (κ1) is 33.5. The van der Waals surface area contributed by atoms with E-state index in [-0.39, 0.29) is 53.8 Å². The first-order valence-corrected chi connectivity index (χ1v) is 16.9. The van der Waals surface area contributed by atoms with Gasteiger partial charge >= 0.3 is 0 Å². The van der Waals surface area contributed by atoms with Crippen molar-refractivity contribution < 1.29 is 30.3 Å². The highest BCUT2D eigenvalue weighted by Crippen LogP contribution is 2.70. The number of carbonyl (C=O) groups is 1. The largest absolute Gasteiger partial charge is 0.396 e. The Morgan fingerprint density at radius 2 is 1.93 bits per heavy atom. The van der Waals surface area contributed by atoms with Crippen LogP contribution >= 0.6 is 0 Å². The zero-order valence-electron chi connectivity index (χ0n) is 27.5. The zero-order chi connectivity index (χ0) is 32.2. The molecule has 11 unspecified atom stereocenters. The van der Waals surface area contributed by atoms with Gasteiger partial charge in [-0.3, -0.25) is 4.79 Å². The van der Waals surface area contributed by atoms with Crippen LogP contribution in [-0.4, -0.2) is 71.4 Å². The molecule has 4 aliphatic rings. The molecular weight excluding hydrogens is 556 g/mol. The van der Waals surface area contributed by atoms with Crippen LogP contribution in [0, 0.1) is 45.8 Å². The van der Waals surface area contributed by atoms with Gasteiger partial charge in [-0.1, -0.05) is 46.8 Å². The first-order chi connectivity index (χ1) is 20.6. The van der Waals surface area contributed by atoms with Crippen molar-refractivity contribution in [2.45, 2.75) is 123 Å². The van der Waals surface area contributed by atoms with Crippen LogP contribution < -0.4 is 0 Å². The lowest BCUT2D eigenvalue weighted by Gasteiger charge is -2.61.